The number of fused-ring (bicyclic) bond motifs is 1. The zero-order valence-corrected chi connectivity index (χ0v) is 35.6. The van der Waals surface area contributed by atoms with Crippen LogP contribution >= 0.6 is 0 Å². The molecule has 7 aliphatic rings. The minimum absolute atomic E-state index is 0.0382. The molecular formula is C43H68O18. The van der Waals surface area contributed by atoms with Crippen LogP contribution in [0.5, 0.6) is 0 Å². The van der Waals surface area contributed by atoms with Crippen LogP contribution in [0, 0.1) is 28.6 Å². The number of esters is 1. The van der Waals surface area contributed by atoms with Crippen molar-refractivity contribution in [2.45, 2.75) is 183 Å². The smallest absolute Gasteiger partial charge is 0.331 e. The van der Waals surface area contributed by atoms with Crippen LogP contribution in [0.1, 0.15) is 85.0 Å². The first-order valence-electron chi connectivity index (χ1n) is 22.1. The molecule has 6 fully saturated rings. The molecule has 4 heterocycles. The van der Waals surface area contributed by atoms with Crippen LogP contribution in [0.2, 0.25) is 0 Å². The number of ether oxygens (including phenoxy) is 8. The second kappa shape index (κ2) is 19.4. The Hall–Kier alpha value is -1.72. The van der Waals surface area contributed by atoms with E-state index in [9.17, 15) is 50.4 Å². The quantitative estimate of drug-likeness (QED) is 0.0800. The molecule has 18 heteroatoms. The van der Waals surface area contributed by atoms with E-state index in [2.05, 4.69) is 13.8 Å². The first-order chi connectivity index (χ1) is 29.0. The molecule has 348 valence electrons. The minimum atomic E-state index is -1.67. The third kappa shape index (κ3) is 9.52. The molecule has 0 aromatic carbocycles. The molecule has 3 saturated carbocycles. The van der Waals surface area contributed by atoms with E-state index in [1.54, 1.807) is 13.0 Å². The van der Waals surface area contributed by atoms with Crippen LogP contribution in [0.15, 0.2) is 11.6 Å². The van der Waals surface area contributed by atoms with Crippen molar-refractivity contribution in [1.29, 1.82) is 0 Å². The van der Waals surface area contributed by atoms with Gasteiger partial charge in [-0.1, -0.05) is 13.8 Å². The maximum atomic E-state index is 13.6. The summed E-state index contributed by atoms with van der Waals surface area (Å²) in [6.07, 6.45) is -9.36. The van der Waals surface area contributed by atoms with Crippen molar-refractivity contribution in [3.8, 4) is 0 Å². The third-order valence-electron chi connectivity index (χ3n) is 15.6. The van der Waals surface area contributed by atoms with E-state index in [-0.39, 0.29) is 60.8 Å². The first-order valence-corrected chi connectivity index (χ1v) is 22.1. The van der Waals surface area contributed by atoms with E-state index in [0.29, 0.717) is 32.1 Å². The number of methoxy groups -OCH3 is 1. The molecule has 61 heavy (non-hydrogen) atoms. The van der Waals surface area contributed by atoms with Crippen molar-refractivity contribution in [3.05, 3.63) is 11.6 Å². The Morgan fingerprint density at radius 1 is 0.803 bits per heavy atom. The topological polar surface area (TPSA) is 270 Å². The number of ketones is 1. The second-order valence-corrected chi connectivity index (χ2v) is 19.1. The van der Waals surface area contributed by atoms with Crippen molar-refractivity contribution in [2.75, 3.05) is 33.5 Å². The molecule has 0 unspecified atom stereocenters. The normalized spacial score (nSPS) is 49.4. The lowest BCUT2D eigenvalue weighted by Gasteiger charge is -2.52. The van der Waals surface area contributed by atoms with Gasteiger partial charge in [-0.3, -0.25) is 4.79 Å². The standard InChI is InChI=1S/C43H68O18/c1-20-40(61-41-39(53)38(52)36(50)30(60-41)19-55-18-29-35(49)37(51)34(48)28(16-44)59-29)27(54-4)15-33(57-20)58-23-9-11-42(2)22(14-23)5-7-26(45)25(42)10-12-43(3)24(6-8-31(43)46)21-13-32(47)56-17-21/h13,20,22-25,27-31,33-41,44,46,48-53H,5-12,14-19H2,1-4H3/t20-,22-,23+,24-,25+,27-,28-,29+,30-,31+,33+,34-,35+,36-,37+,38+,39-,40+,41+,42+,43-/m1/s1. The van der Waals surface area contributed by atoms with Crippen LogP contribution in [0.4, 0.5) is 0 Å². The number of cyclic esters (lactones) is 1. The van der Waals surface area contributed by atoms with E-state index in [4.69, 9.17) is 37.9 Å². The highest BCUT2D eigenvalue weighted by Gasteiger charge is 2.55. The summed E-state index contributed by atoms with van der Waals surface area (Å²) in [5, 5.41) is 83.5. The summed E-state index contributed by atoms with van der Waals surface area (Å²) >= 11 is 0. The van der Waals surface area contributed by atoms with Gasteiger partial charge in [0, 0.05) is 37.4 Å². The summed E-state index contributed by atoms with van der Waals surface area (Å²) in [5.74, 6) is 0.102. The molecule has 0 radical (unpaired) electrons. The fourth-order valence-electron chi connectivity index (χ4n) is 11.6. The van der Waals surface area contributed by atoms with Crippen LogP contribution in [-0.2, 0) is 47.5 Å². The van der Waals surface area contributed by atoms with Crippen molar-refractivity contribution < 1.29 is 88.3 Å². The molecule has 18 nitrogen and oxygen atoms in total. The van der Waals surface area contributed by atoms with Crippen molar-refractivity contribution in [1.82, 2.24) is 0 Å². The zero-order chi connectivity index (χ0) is 44.0. The van der Waals surface area contributed by atoms with Gasteiger partial charge in [-0.15, -0.1) is 0 Å². The lowest BCUT2D eigenvalue weighted by molar-refractivity contribution is -0.346. The molecule has 4 aliphatic heterocycles. The second-order valence-electron chi connectivity index (χ2n) is 19.1. The van der Waals surface area contributed by atoms with Gasteiger partial charge in [0.25, 0.3) is 0 Å². The van der Waals surface area contributed by atoms with Crippen molar-refractivity contribution in [2.24, 2.45) is 28.6 Å². The monoisotopic (exact) mass is 872 g/mol. The molecule has 21 atom stereocenters. The van der Waals surface area contributed by atoms with Gasteiger partial charge in [0.05, 0.1) is 44.2 Å². The summed E-state index contributed by atoms with van der Waals surface area (Å²) in [5.41, 5.74) is 0.278. The van der Waals surface area contributed by atoms with Gasteiger partial charge in [-0.05, 0) is 81.1 Å². The Balaban J connectivity index is 0.915. The number of rotatable bonds is 14. The number of hydrogen-bond donors (Lipinski definition) is 8. The van der Waals surface area contributed by atoms with E-state index < -0.39 is 104 Å². The van der Waals surface area contributed by atoms with Crippen molar-refractivity contribution in [3.63, 3.8) is 0 Å². The van der Waals surface area contributed by atoms with E-state index in [1.165, 1.54) is 7.11 Å². The summed E-state index contributed by atoms with van der Waals surface area (Å²) in [4.78, 5) is 25.5. The molecule has 3 aliphatic carbocycles. The first kappa shape index (κ1) is 47.2. The molecular weight excluding hydrogens is 804 g/mol. The molecule has 7 rings (SSSR count). The van der Waals surface area contributed by atoms with Gasteiger partial charge < -0.3 is 78.7 Å². The lowest BCUT2D eigenvalue weighted by atomic mass is 9.53. The maximum Gasteiger partial charge on any atom is 0.331 e. The van der Waals surface area contributed by atoms with E-state index >= 15 is 0 Å². The zero-order valence-electron chi connectivity index (χ0n) is 35.6. The summed E-state index contributed by atoms with van der Waals surface area (Å²) in [6.45, 7) is 5.12. The Morgan fingerprint density at radius 2 is 1.49 bits per heavy atom. The Kier molecular flexibility index (Phi) is 15.0. The highest BCUT2D eigenvalue weighted by molar-refractivity contribution is 5.85. The van der Waals surface area contributed by atoms with Gasteiger partial charge in [0.1, 0.15) is 73.4 Å². The van der Waals surface area contributed by atoms with Gasteiger partial charge >= 0.3 is 5.97 Å². The predicted molar refractivity (Wildman–Crippen MR) is 209 cm³/mol. The number of hydrogen-bond acceptors (Lipinski definition) is 18. The molecule has 0 spiro atoms. The van der Waals surface area contributed by atoms with E-state index in [1.807, 2.05) is 0 Å². The van der Waals surface area contributed by atoms with Gasteiger partial charge in [-0.25, -0.2) is 4.79 Å². The molecule has 0 aromatic rings. The summed E-state index contributed by atoms with van der Waals surface area (Å²) in [6, 6.07) is 0. The number of aliphatic hydroxyl groups excluding tert-OH is 8. The molecule has 0 aromatic heterocycles. The average molecular weight is 873 g/mol. The number of carbonyl (C=O) groups excluding carboxylic acids is 2. The van der Waals surface area contributed by atoms with Crippen LogP contribution in [-0.4, -0.2) is 184 Å². The van der Waals surface area contributed by atoms with Gasteiger partial charge in [0.2, 0.25) is 0 Å². The molecule has 3 saturated heterocycles. The fraction of sp³-hybridized carbons (Fsp3) is 0.907. The Morgan fingerprint density at radius 3 is 2.16 bits per heavy atom. The van der Waals surface area contributed by atoms with Gasteiger partial charge in [0.15, 0.2) is 12.6 Å². The minimum Gasteiger partial charge on any atom is -0.458 e. The number of carbonyl (C=O) groups is 2. The van der Waals surface area contributed by atoms with Crippen molar-refractivity contribution >= 4 is 11.8 Å². The highest BCUT2D eigenvalue weighted by Crippen LogP contribution is 2.57. The van der Waals surface area contributed by atoms with Crippen LogP contribution in [0.3, 0.4) is 0 Å². The highest BCUT2D eigenvalue weighted by atomic mass is 16.7. The molecule has 0 bridgehead atoms. The predicted octanol–water partition coefficient (Wildman–Crippen LogP) is -0.601. The van der Waals surface area contributed by atoms with Crippen LogP contribution in [0.25, 0.3) is 0 Å². The maximum absolute atomic E-state index is 13.6. The molecule has 8 N–H and O–H groups in total. The largest absolute Gasteiger partial charge is 0.458 e. The molecule has 0 amide bonds. The lowest BCUT2D eigenvalue weighted by Crippen LogP contribution is -2.62. The Bertz CT molecular complexity index is 1550. The summed E-state index contributed by atoms with van der Waals surface area (Å²) < 4.78 is 47.2. The average Bonchev–Trinajstić information content (AvgIpc) is 3.79. The number of Topliss-reactive ketones (excluding diaryl/α,β-unsaturated/α-hetero) is 1. The summed E-state index contributed by atoms with van der Waals surface area (Å²) in [7, 11) is 1.53. The Labute approximate surface area is 356 Å². The SMILES string of the molecule is CO[C@@H]1C[C@H](O[C@H]2CC[C@@]3(C)[C@H](CCC(=O)[C@@H]3CC[C@]3(C)[C@@H](C4=CC(=O)OC4)CC[C@@H]3O)C2)O[C@H](C)[C@@H]1O[C@@H]1O[C@H](COC[C@@H]2O[C@H](CO)[C@@H](O)[C@H](O)[C@H]2O)[C@@H](O)[C@H](O)[C@H]1O. The number of aliphatic hydroxyl groups is 8. The van der Waals surface area contributed by atoms with E-state index in [0.717, 1.165) is 37.7 Å². The third-order valence-corrected chi connectivity index (χ3v) is 15.6. The van der Waals surface area contributed by atoms with Crippen LogP contribution < -0.4 is 0 Å². The fourth-order valence-corrected chi connectivity index (χ4v) is 11.6. The van der Waals surface area contributed by atoms with Gasteiger partial charge in [-0.2, -0.15) is 0 Å².